The van der Waals surface area contributed by atoms with Gasteiger partial charge in [-0.3, -0.25) is 4.90 Å². The molecule has 1 aromatic rings. The van der Waals surface area contributed by atoms with Crippen LogP contribution in [0.5, 0.6) is 0 Å². The number of furan rings is 1. The van der Waals surface area contributed by atoms with Crippen LogP contribution in [-0.4, -0.2) is 43.2 Å². The largest absolute Gasteiger partial charge is 0.467 e. The van der Waals surface area contributed by atoms with E-state index in [2.05, 4.69) is 17.3 Å². The molecule has 20 heavy (non-hydrogen) atoms. The van der Waals surface area contributed by atoms with E-state index in [1.54, 1.807) is 12.3 Å². The fourth-order valence-electron chi connectivity index (χ4n) is 3.50. The number of piperidine rings is 1. The first-order valence-electron chi connectivity index (χ1n) is 7.28. The third kappa shape index (κ3) is 2.60. The standard InChI is InChI=1S/C15H22N2O3/c1-17(12-7-10-3-4-11(8-12)16-10)9-14-13(5-6-20-14)15(18)19-2/h5-6,10-12,16H,3-4,7-9H2,1-2H3. The zero-order valence-electron chi connectivity index (χ0n) is 12.1. The van der Waals surface area contributed by atoms with E-state index in [9.17, 15) is 4.79 Å². The van der Waals surface area contributed by atoms with E-state index >= 15 is 0 Å². The first-order valence-corrected chi connectivity index (χ1v) is 7.28. The van der Waals surface area contributed by atoms with E-state index in [0.717, 1.165) is 0 Å². The number of carbonyl (C=O) groups is 1. The Kier molecular flexibility index (Phi) is 3.81. The molecule has 3 heterocycles. The third-order valence-corrected chi connectivity index (χ3v) is 4.62. The highest BCUT2D eigenvalue weighted by molar-refractivity contribution is 5.90. The van der Waals surface area contributed by atoms with Crippen LogP contribution in [0.15, 0.2) is 16.7 Å². The van der Waals surface area contributed by atoms with E-state index in [4.69, 9.17) is 9.15 Å². The number of carbonyl (C=O) groups excluding carboxylic acids is 1. The second kappa shape index (κ2) is 5.58. The fraction of sp³-hybridized carbons (Fsp3) is 0.667. The Hall–Kier alpha value is -1.33. The number of esters is 1. The molecule has 2 aliphatic rings. The second-order valence-electron chi connectivity index (χ2n) is 5.93. The van der Waals surface area contributed by atoms with Gasteiger partial charge in [0.15, 0.2) is 0 Å². The van der Waals surface area contributed by atoms with Crippen molar-refractivity contribution >= 4 is 5.97 Å². The van der Waals surface area contributed by atoms with Gasteiger partial charge in [-0.25, -0.2) is 4.79 Å². The molecule has 0 saturated carbocycles. The zero-order chi connectivity index (χ0) is 14.1. The van der Waals surface area contributed by atoms with Crippen molar-refractivity contribution in [3.8, 4) is 0 Å². The molecular formula is C15H22N2O3. The lowest BCUT2D eigenvalue weighted by molar-refractivity contribution is 0.0595. The number of hydrogen-bond donors (Lipinski definition) is 1. The molecule has 2 bridgehead atoms. The summed E-state index contributed by atoms with van der Waals surface area (Å²) < 4.78 is 10.2. The maximum atomic E-state index is 11.7. The van der Waals surface area contributed by atoms with E-state index in [1.165, 1.54) is 32.8 Å². The highest BCUT2D eigenvalue weighted by atomic mass is 16.5. The maximum absolute atomic E-state index is 11.7. The quantitative estimate of drug-likeness (QED) is 0.851. The monoisotopic (exact) mass is 278 g/mol. The Balaban J connectivity index is 1.65. The van der Waals surface area contributed by atoms with Crippen molar-refractivity contribution in [2.75, 3.05) is 14.2 Å². The van der Waals surface area contributed by atoms with Gasteiger partial charge in [0.2, 0.25) is 0 Å². The Labute approximate surface area is 119 Å². The minimum atomic E-state index is -0.326. The number of rotatable bonds is 4. The normalized spacial score (nSPS) is 28.9. The van der Waals surface area contributed by atoms with Crippen molar-refractivity contribution < 1.29 is 13.9 Å². The molecule has 0 amide bonds. The van der Waals surface area contributed by atoms with Crippen molar-refractivity contribution in [3.63, 3.8) is 0 Å². The zero-order valence-corrected chi connectivity index (χ0v) is 12.1. The summed E-state index contributed by atoms with van der Waals surface area (Å²) in [4.78, 5) is 14.0. The minimum absolute atomic E-state index is 0.326. The number of nitrogens with one attached hydrogen (secondary N) is 1. The molecular weight excluding hydrogens is 256 g/mol. The van der Waals surface area contributed by atoms with Gasteiger partial charge in [-0.1, -0.05) is 0 Å². The van der Waals surface area contributed by atoms with Crippen molar-refractivity contribution in [2.24, 2.45) is 0 Å². The highest BCUT2D eigenvalue weighted by Gasteiger charge is 2.35. The molecule has 110 valence electrons. The van der Waals surface area contributed by atoms with Gasteiger partial charge in [0, 0.05) is 18.1 Å². The first-order chi connectivity index (χ1) is 9.67. The fourth-order valence-corrected chi connectivity index (χ4v) is 3.50. The van der Waals surface area contributed by atoms with E-state index < -0.39 is 0 Å². The molecule has 2 saturated heterocycles. The Bertz CT molecular complexity index is 473. The molecule has 0 radical (unpaired) electrons. The number of nitrogens with zero attached hydrogens (tertiary/aromatic N) is 1. The minimum Gasteiger partial charge on any atom is -0.467 e. The van der Waals surface area contributed by atoms with Gasteiger partial charge in [-0.15, -0.1) is 0 Å². The molecule has 1 aromatic heterocycles. The second-order valence-corrected chi connectivity index (χ2v) is 5.93. The molecule has 2 fully saturated rings. The number of fused-ring (bicyclic) bond motifs is 2. The van der Waals surface area contributed by atoms with Gasteiger partial charge in [-0.2, -0.15) is 0 Å². The summed E-state index contributed by atoms with van der Waals surface area (Å²) in [6.07, 6.45) is 6.51. The highest BCUT2D eigenvalue weighted by Crippen LogP contribution is 2.30. The smallest absolute Gasteiger partial charge is 0.341 e. The molecule has 2 atom stereocenters. The van der Waals surface area contributed by atoms with E-state index in [-0.39, 0.29) is 5.97 Å². The summed E-state index contributed by atoms with van der Waals surface area (Å²) in [5.74, 6) is 0.373. The number of hydrogen-bond acceptors (Lipinski definition) is 5. The van der Waals surface area contributed by atoms with Crippen molar-refractivity contribution in [3.05, 3.63) is 23.7 Å². The summed E-state index contributed by atoms with van der Waals surface area (Å²) in [6, 6.07) is 3.57. The average molecular weight is 278 g/mol. The number of ether oxygens (including phenoxy) is 1. The van der Waals surface area contributed by atoms with Crippen LogP contribution in [-0.2, 0) is 11.3 Å². The Morgan fingerprint density at radius 1 is 1.45 bits per heavy atom. The molecule has 3 rings (SSSR count). The van der Waals surface area contributed by atoms with Crippen LogP contribution in [0.3, 0.4) is 0 Å². The van der Waals surface area contributed by atoms with Crippen molar-refractivity contribution in [2.45, 2.75) is 50.4 Å². The van der Waals surface area contributed by atoms with Crippen LogP contribution in [0.1, 0.15) is 41.8 Å². The lowest BCUT2D eigenvalue weighted by Gasteiger charge is -2.35. The molecule has 1 N–H and O–H groups in total. The molecule has 5 nitrogen and oxygen atoms in total. The van der Waals surface area contributed by atoms with Gasteiger partial charge in [0.1, 0.15) is 11.3 Å². The molecule has 0 aromatic carbocycles. The summed E-state index contributed by atoms with van der Waals surface area (Å²) in [6.45, 7) is 0.654. The molecule has 2 unspecified atom stereocenters. The summed E-state index contributed by atoms with van der Waals surface area (Å²) >= 11 is 0. The summed E-state index contributed by atoms with van der Waals surface area (Å²) in [7, 11) is 3.51. The van der Waals surface area contributed by atoms with Crippen LogP contribution < -0.4 is 5.32 Å². The van der Waals surface area contributed by atoms with Crippen LogP contribution in [0.4, 0.5) is 0 Å². The van der Waals surface area contributed by atoms with Crippen LogP contribution in [0, 0.1) is 0 Å². The average Bonchev–Trinajstić information content (AvgIpc) is 3.04. The molecule has 0 aliphatic carbocycles. The van der Waals surface area contributed by atoms with Crippen molar-refractivity contribution in [1.82, 2.24) is 10.2 Å². The predicted molar refractivity (Wildman–Crippen MR) is 74.5 cm³/mol. The van der Waals surface area contributed by atoms with E-state index in [0.29, 0.717) is 36.0 Å². The third-order valence-electron chi connectivity index (χ3n) is 4.62. The summed E-state index contributed by atoms with van der Waals surface area (Å²) in [5, 5.41) is 3.65. The van der Waals surface area contributed by atoms with Gasteiger partial charge < -0.3 is 14.5 Å². The Morgan fingerprint density at radius 2 is 2.15 bits per heavy atom. The molecule has 2 aliphatic heterocycles. The van der Waals surface area contributed by atoms with Crippen LogP contribution in [0.2, 0.25) is 0 Å². The SMILES string of the molecule is COC(=O)c1ccoc1CN(C)C1CC2CCC(C1)N2. The van der Waals surface area contributed by atoms with Gasteiger partial charge >= 0.3 is 5.97 Å². The van der Waals surface area contributed by atoms with Gasteiger partial charge in [0.05, 0.1) is 19.9 Å². The molecule has 0 spiro atoms. The van der Waals surface area contributed by atoms with E-state index in [1.807, 2.05) is 0 Å². The lowest BCUT2D eigenvalue weighted by Crippen LogP contribution is -2.46. The van der Waals surface area contributed by atoms with Crippen molar-refractivity contribution in [1.29, 1.82) is 0 Å². The summed E-state index contributed by atoms with van der Waals surface area (Å²) in [5.41, 5.74) is 0.538. The topological polar surface area (TPSA) is 54.7 Å². The first kappa shape index (κ1) is 13.6. The number of methoxy groups -OCH3 is 1. The Morgan fingerprint density at radius 3 is 2.80 bits per heavy atom. The van der Waals surface area contributed by atoms with Gasteiger partial charge in [-0.05, 0) is 38.8 Å². The lowest BCUT2D eigenvalue weighted by atomic mass is 9.98. The van der Waals surface area contributed by atoms with Gasteiger partial charge in [0.25, 0.3) is 0 Å². The van der Waals surface area contributed by atoms with Crippen LogP contribution in [0.25, 0.3) is 0 Å². The molecule has 5 heteroatoms. The van der Waals surface area contributed by atoms with Crippen LogP contribution >= 0.6 is 0 Å². The predicted octanol–water partition coefficient (Wildman–Crippen LogP) is 1.78. The maximum Gasteiger partial charge on any atom is 0.341 e.